The molecule has 2 N–H and O–H groups in total. The largest absolute Gasteiger partial charge is 0.486 e. The van der Waals surface area contributed by atoms with Crippen molar-refractivity contribution < 1.29 is 9.13 Å². The Morgan fingerprint density at radius 3 is 2.65 bits per heavy atom. The summed E-state index contributed by atoms with van der Waals surface area (Å²) in [6.07, 6.45) is 0. The predicted molar refractivity (Wildman–Crippen MR) is 69.3 cm³/mol. The monoisotopic (exact) mass is 295 g/mol. The van der Waals surface area contributed by atoms with Gasteiger partial charge in [-0.1, -0.05) is 18.2 Å². The van der Waals surface area contributed by atoms with Gasteiger partial charge in [-0.15, -0.1) is 0 Å². The Bertz CT molecular complexity index is 510. The third-order valence-electron chi connectivity index (χ3n) is 2.27. The van der Waals surface area contributed by atoms with Gasteiger partial charge in [-0.2, -0.15) is 0 Å². The van der Waals surface area contributed by atoms with Crippen LogP contribution in [0.5, 0.6) is 5.75 Å². The molecule has 0 aliphatic rings. The van der Waals surface area contributed by atoms with Crippen molar-refractivity contribution in [1.29, 1.82) is 0 Å². The van der Waals surface area contributed by atoms with E-state index in [1.807, 2.05) is 12.1 Å². The van der Waals surface area contributed by atoms with Crippen LogP contribution in [0.1, 0.15) is 5.56 Å². The number of hydrogen-bond acceptors (Lipinski definition) is 2. The minimum atomic E-state index is -0.272. The van der Waals surface area contributed by atoms with Crippen LogP contribution in [0.25, 0.3) is 0 Å². The Hall–Kier alpha value is -1.55. The molecule has 0 aliphatic carbocycles. The summed E-state index contributed by atoms with van der Waals surface area (Å²) in [5.74, 6) is 0.308. The van der Waals surface area contributed by atoms with E-state index in [0.717, 1.165) is 10.0 Å². The fraction of sp³-hybridized carbons (Fsp3) is 0.0769. The maximum Gasteiger partial charge on any atom is 0.156 e. The molecule has 0 radical (unpaired) electrons. The number of halogens is 2. The summed E-state index contributed by atoms with van der Waals surface area (Å²) in [5, 5.41) is 0. The molecule has 2 nitrogen and oxygen atoms in total. The van der Waals surface area contributed by atoms with Crippen molar-refractivity contribution in [3.8, 4) is 5.75 Å². The first-order chi connectivity index (χ1) is 8.16. The zero-order chi connectivity index (χ0) is 12.3. The van der Waals surface area contributed by atoms with Crippen LogP contribution in [0.15, 0.2) is 46.9 Å². The van der Waals surface area contributed by atoms with E-state index in [0.29, 0.717) is 11.4 Å². The molecular formula is C13H11BrFNO. The highest BCUT2D eigenvalue weighted by molar-refractivity contribution is 9.10. The molecule has 2 aromatic carbocycles. The van der Waals surface area contributed by atoms with Crippen LogP contribution >= 0.6 is 15.9 Å². The highest BCUT2D eigenvalue weighted by atomic mass is 79.9. The summed E-state index contributed by atoms with van der Waals surface area (Å²) >= 11 is 3.36. The van der Waals surface area contributed by atoms with E-state index in [4.69, 9.17) is 10.5 Å². The molecule has 0 saturated carbocycles. The first kappa shape index (κ1) is 11.9. The molecule has 0 bridgehead atoms. The fourth-order valence-corrected chi connectivity index (χ4v) is 1.96. The van der Waals surface area contributed by atoms with Gasteiger partial charge in [-0.25, -0.2) is 4.39 Å². The zero-order valence-electron chi connectivity index (χ0n) is 8.99. The average molecular weight is 296 g/mol. The number of nitrogen functional groups attached to an aromatic ring is 1. The third kappa shape index (κ3) is 2.97. The molecule has 17 heavy (non-hydrogen) atoms. The number of benzene rings is 2. The minimum absolute atomic E-state index is 0.272. The normalized spacial score (nSPS) is 10.2. The van der Waals surface area contributed by atoms with Crippen LogP contribution < -0.4 is 10.5 Å². The molecule has 0 aliphatic heterocycles. The molecule has 2 rings (SSSR count). The highest BCUT2D eigenvalue weighted by Gasteiger charge is 2.05. The van der Waals surface area contributed by atoms with Gasteiger partial charge in [0.05, 0.1) is 10.2 Å². The summed E-state index contributed by atoms with van der Waals surface area (Å²) in [6, 6.07) is 11.7. The average Bonchev–Trinajstić information content (AvgIpc) is 2.28. The minimum Gasteiger partial charge on any atom is -0.486 e. The van der Waals surface area contributed by atoms with E-state index >= 15 is 0 Å². The van der Waals surface area contributed by atoms with Gasteiger partial charge in [-0.3, -0.25) is 0 Å². The highest BCUT2D eigenvalue weighted by Crippen LogP contribution is 2.31. The van der Waals surface area contributed by atoms with E-state index < -0.39 is 0 Å². The lowest BCUT2D eigenvalue weighted by atomic mass is 10.2. The molecule has 0 unspecified atom stereocenters. The topological polar surface area (TPSA) is 35.2 Å². The number of anilines is 1. The summed E-state index contributed by atoms with van der Waals surface area (Å²) in [4.78, 5) is 0. The van der Waals surface area contributed by atoms with Crippen LogP contribution in [0, 0.1) is 5.82 Å². The first-order valence-electron chi connectivity index (χ1n) is 5.08. The van der Waals surface area contributed by atoms with Crippen molar-refractivity contribution in [3.63, 3.8) is 0 Å². The molecular weight excluding hydrogens is 285 g/mol. The van der Waals surface area contributed by atoms with Crippen molar-refractivity contribution >= 4 is 21.6 Å². The predicted octanol–water partition coefficient (Wildman–Crippen LogP) is 3.75. The number of rotatable bonds is 3. The van der Waals surface area contributed by atoms with Gasteiger partial charge in [0.1, 0.15) is 12.4 Å². The Morgan fingerprint density at radius 1 is 1.18 bits per heavy atom. The second kappa shape index (κ2) is 5.19. The van der Waals surface area contributed by atoms with Gasteiger partial charge in [0.25, 0.3) is 0 Å². The summed E-state index contributed by atoms with van der Waals surface area (Å²) in [7, 11) is 0. The zero-order valence-corrected chi connectivity index (χ0v) is 10.6. The lowest BCUT2D eigenvalue weighted by Gasteiger charge is -2.10. The first-order valence-corrected chi connectivity index (χ1v) is 5.87. The molecule has 0 amide bonds. The Kier molecular flexibility index (Phi) is 3.64. The van der Waals surface area contributed by atoms with Crippen molar-refractivity contribution in [2.75, 3.05) is 5.73 Å². The van der Waals surface area contributed by atoms with Crippen LogP contribution in [0.2, 0.25) is 0 Å². The lowest BCUT2D eigenvalue weighted by Crippen LogP contribution is -1.99. The lowest BCUT2D eigenvalue weighted by molar-refractivity contribution is 0.305. The second-order valence-corrected chi connectivity index (χ2v) is 4.43. The molecule has 0 heterocycles. The SMILES string of the molecule is Nc1cccc(Br)c1OCc1cccc(F)c1. The van der Waals surface area contributed by atoms with Gasteiger partial charge in [0, 0.05) is 0 Å². The third-order valence-corrected chi connectivity index (χ3v) is 2.89. The summed E-state index contributed by atoms with van der Waals surface area (Å²) < 4.78 is 19.3. The molecule has 2 aromatic rings. The molecule has 0 fully saturated rings. The van der Waals surface area contributed by atoms with Crippen molar-refractivity contribution in [3.05, 3.63) is 58.3 Å². The number of ether oxygens (including phenoxy) is 1. The summed E-state index contributed by atoms with van der Waals surface area (Å²) in [6.45, 7) is 0.282. The maximum atomic E-state index is 13.0. The standard InChI is InChI=1S/C13H11BrFNO/c14-11-5-2-6-12(16)13(11)17-8-9-3-1-4-10(15)7-9/h1-7H,8,16H2. The van der Waals surface area contributed by atoms with Crippen molar-refractivity contribution in [1.82, 2.24) is 0 Å². The smallest absolute Gasteiger partial charge is 0.156 e. The van der Waals surface area contributed by atoms with Crippen LogP contribution in [0.4, 0.5) is 10.1 Å². The van der Waals surface area contributed by atoms with Crippen molar-refractivity contribution in [2.45, 2.75) is 6.61 Å². The molecule has 0 atom stereocenters. The van der Waals surface area contributed by atoms with Crippen LogP contribution in [-0.2, 0) is 6.61 Å². The van der Waals surface area contributed by atoms with E-state index in [2.05, 4.69) is 15.9 Å². The quantitative estimate of drug-likeness (QED) is 0.875. The van der Waals surface area contributed by atoms with Gasteiger partial charge in [-0.05, 0) is 45.8 Å². The Labute approximate surface area is 107 Å². The number of hydrogen-bond donors (Lipinski definition) is 1. The van der Waals surface area contributed by atoms with Gasteiger partial charge in [0.15, 0.2) is 5.75 Å². The van der Waals surface area contributed by atoms with Gasteiger partial charge >= 0.3 is 0 Å². The van der Waals surface area contributed by atoms with Gasteiger partial charge in [0.2, 0.25) is 0 Å². The van der Waals surface area contributed by atoms with Gasteiger partial charge < -0.3 is 10.5 Å². The number of nitrogens with two attached hydrogens (primary N) is 1. The Balaban J connectivity index is 2.13. The van der Waals surface area contributed by atoms with E-state index in [9.17, 15) is 4.39 Å². The van der Waals surface area contributed by atoms with E-state index in [1.54, 1.807) is 18.2 Å². The molecule has 0 saturated heterocycles. The summed E-state index contributed by atoms with van der Waals surface area (Å²) in [5.41, 5.74) is 7.10. The van der Waals surface area contributed by atoms with Crippen LogP contribution in [0.3, 0.4) is 0 Å². The van der Waals surface area contributed by atoms with E-state index in [1.165, 1.54) is 12.1 Å². The van der Waals surface area contributed by atoms with Crippen LogP contribution in [-0.4, -0.2) is 0 Å². The molecule has 88 valence electrons. The second-order valence-electron chi connectivity index (χ2n) is 3.58. The molecule has 4 heteroatoms. The molecule has 0 aromatic heterocycles. The molecule has 0 spiro atoms. The fourth-order valence-electron chi connectivity index (χ4n) is 1.46. The van der Waals surface area contributed by atoms with Crippen molar-refractivity contribution in [2.24, 2.45) is 0 Å². The van der Waals surface area contributed by atoms with E-state index in [-0.39, 0.29) is 12.4 Å². The maximum absolute atomic E-state index is 13.0. The Morgan fingerprint density at radius 2 is 1.94 bits per heavy atom. The number of para-hydroxylation sites is 1.